The van der Waals surface area contributed by atoms with Gasteiger partial charge in [0.25, 0.3) is 0 Å². The number of hydrogen-bond acceptors (Lipinski definition) is 1. The van der Waals surface area contributed by atoms with Gasteiger partial charge in [0.15, 0.2) is 0 Å². The minimum atomic E-state index is 0.115. The average molecular weight is 184 g/mol. The molecule has 0 radical (unpaired) electrons. The quantitative estimate of drug-likeness (QED) is 0.650. The van der Waals surface area contributed by atoms with Crippen LogP contribution in [-0.4, -0.2) is 30.6 Å². The minimum Gasteiger partial charge on any atom is -0.336 e. The van der Waals surface area contributed by atoms with Gasteiger partial charge in [-0.05, 0) is 12.3 Å². The van der Waals surface area contributed by atoms with E-state index in [1.54, 1.807) is 0 Å². The van der Waals surface area contributed by atoms with Crippen molar-refractivity contribution in [2.45, 2.75) is 33.1 Å². The maximum absolute atomic E-state index is 11.1. The van der Waals surface area contributed by atoms with Crippen LogP contribution in [0.2, 0.25) is 0 Å². The molecular weight excluding hydrogens is 164 g/mol. The van der Waals surface area contributed by atoms with Crippen molar-refractivity contribution in [2.75, 3.05) is 19.6 Å². The Morgan fingerprint density at radius 3 is 2.77 bits per heavy atom. The lowest BCUT2D eigenvalue weighted by Crippen LogP contribution is -2.28. The van der Waals surface area contributed by atoms with Crippen molar-refractivity contribution in [3.63, 3.8) is 0 Å². The monoisotopic (exact) mass is 184 g/mol. The molecule has 0 bridgehead atoms. The number of nitrogens with zero attached hydrogens (tertiary/aromatic N) is 1. The zero-order valence-corrected chi connectivity index (χ0v) is 8.68. The highest BCUT2D eigenvalue weighted by Crippen LogP contribution is 2.07. The lowest BCUT2D eigenvalue weighted by molar-refractivity contribution is 0.216. The van der Waals surface area contributed by atoms with Gasteiger partial charge in [0.05, 0.1) is 0 Å². The number of amides is 2. The summed E-state index contributed by atoms with van der Waals surface area (Å²) in [6.45, 7) is 7.12. The molecular formula is C10H20N2O. The molecule has 1 N–H and O–H groups in total. The van der Waals surface area contributed by atoms with E-state index in [1.165, 1.54) is 12.8 Å². The van der Waals surface area contributed by atoms with Crippen LogP contribution < -0.4 is 5.32 Å². The molecule has 0 atom stereocenters. The molecule has 0 unspecified atom stereocenters. The summed E-state index contributed by atoms with van der Waals surface area (Å²) in [5.41, 5.74) is 0. The van der Waals surface area contributed by atoms with E-state index in [2.05, 4.69) is 19.2 Å². The largest absolute Gasteiger partial charge is 0.336 e. The van der Waals surface area contributed by atoms with Crippen LogP contribution in [0.4, 0.5) is 4.79 Å². The molecule has 1 rings (SSSR count). The summed E-state index contributed by atoms with van der Waals surface area (Å²) in [5.74, 6) is 0.785. The molecule has 3 nitrogen and oxygen atoms in total. The summed E-state index contributed by atoms with van der Waals surface area (Å²) in [6.07, 6.45) is 3.66. The molecule has 0 aromatic rings. The first-order chi connectivity index (χ1) is 6.20. The third-order valence-corrected chi connectivity index (χ3v) is 2.40. The van der Waals surface area contributed by atoms with Crippen LogP contribution in [0.5, 0.6) is 0 Å². The number of unbranched alkanes of at least 4 members (excludes halogenated alkanes) is 1. The zero-order valence-electron chi connectivity index (χ0n) is 8.68. The molecule has 0 spiro atoms. The Balaban J connectivity index is 2.02. The van der Waals surface area contributed by atoms with Gasteiger partial charge < -0.3 is 10.2 Å². The maximum atomic E-state index is 11.1. The standard InChI is InChI=1S/C10H20N2O/c1-9(2)5-3-4-7-12-8-6-11-10(12)13/h9H,3-8H2,1-2H3,(H,11,13). The summed E-state index contributed by atoms with van der Waals surface area (Å²) in [4.78, 5) is 13.0. The molecule has 76 valence electrons. The van der Waals surface area contributed by atoms with Gasteiger partial charge in [0.2, 0.25) is 0 Å². The van der Waals surface area contributed by atoms with Crippen LogP contribution in [0, 0.1) is 5.92 Å². The lowest BCUT2D eigenvalue weighted by Gasteiger charge is -2.13. The molecule has 1 aliphatic heterocycles. The fraction of sp³-hybridized carbons (Fsp3) is 0.900. The van der Waals surface area contributed by atoms with Crippen molar-refractivity contribution < 1.29 is 4.79 Å². The van der Waals surface area contributed by atoms with Gasteiger partial charge in [-0.3, -0.25) is 0 Å². The van der Waals surface area contributed by atoms with Gasteiger partial charge in [-0.1, -0.05) is 26.7 Å². The number of carbonyl (C=O) groups excluding carboxylic acids is 1. The van der Waals surface area contributed by atoms with E-state index in [9.17, 15) is 4.79 Å². The van der Waals surface area contributed by atoms with Crippen molar-refractivity contribution in [2.24, 2.45) is 5.92 Å². The van der Waals surface area contributed by atoms with Gasteiger partial charge in [-0.15, -0.1) is 0 Å². The predicted octanol–water partition coefficient (Wildman–Crippen LogP) is 1.84. The zero-order chi connectivity index (χ0) is 9.68. The summed E-state index contributed by atoms with van der Waals surface area (Å²) >= 11 is 0. The van der Waals surface area contributed by atoms with Crippen LogP contribution >= 0.6 is 0 Å². The lowest BCUT2D eigenvalue weighted by atomic mass is 10.1. The SMILES string of the molecule is CC(C)CCCCN1CCNC1=O. The molecule has 0 aliphatic carbocycles. The van der Waals surface area contributed by atoms with E-state index in [1.807, 2.05) is 4.90 Å². The number of urea groups is 1. The second kappa shape index (κ2) is 5.10. The van der Waals surface area contributed by atoms with E-state index >= 15 is 0 Å². The molecule has 1 aliphatic rings. The summed E-state index contributed by atoms with van der Waals surface area (Å²) in [6, 6.07) is 0.115. The highest BCUT2D eigenvalue weighted by atomic mass is 16.2. The highest BCUT2D eigenvalue weighted by molar-refractivity contribution is 5.76. The Morgan fingerprint density at radius 1 is 1.46 bits per heavy atom. The molecule has 3 heteroatoms. The number of nitrogens with one attached hydrogen (secondary N) is 1. The van der Waals surface area contributed by atoms with Crippen molar-refractivity contribution in [3.8, 4) is 0 Å². The van der Waals surface area contributed by atoms with Gasteiger partial charge in [-0.25, -0.2) is 4.79 Å². The fourth-order valence-corrected chi connectivity index (χ4v) is 1.58. The predicted molar refractivity (Wildman–Crippen MR) is 53.7 cm³/mol. The Kier molecular flexibility index (Phi) is 4.06. The molecule has 0 aromatic heterocycles. The van der Waals surface area contributed by atoms with Crippen molar-refractivity contribution >= 4 is 6.03 Å². The van der Waals surface area contributed by atoms with Gasteiger partial charge >= 0.3 is 6.03 Å². The van der Waals surface area contributed by atoms with E-state index in [4.69, 9.17) is 0 Å². The smallest absolute Gasteiger partial charge is 0.317 e. The Labute approximate surface area is 80.5 Å². The second-order valence-electron chi connectivity index (χ2n) is 4.11. The molecule has 0 aromatic carbocycles. The van der Waals surface area contributed by atoms with Crippen LogP contribution in [-0.2, 0) is 0 Å². The van der Waals surface area contributed by atoms with E-state index in [0.717, 1.165) is 32.0 Å². The Bertz CT molecular complexity index is 168. The van der Waals surface area contributed by atoms with Crippen LogP contribution in [0.1, 0.15) is 33.1 Å². The van der Waals surface area contributed by atoms with Gasteiger partial charge in [0.1, 0.15) is 0 Å². The van der Waals surface area contributed by atoms with Crippen molar-refractivity contribution in [1.29, 1.82) is 0 Å². The molecule has 1 heterocycles. The second-order valence-corrected chi connectivity index (χ2v) is 4.11. The number of carbonyl (C=O) groups is 1. The highest BCUT2D eigenvalue weighted by Gasteiger charge is 2.17. The van der Waals surface area contributed by atoms with Crippen LogP contribution in [0.15, 0.2) is 0 Å². The van der Waals surface area contributed by atoms with Crippen molar-refractivity contribution in [3.05, 3.63) is 0 Å². The Hall–Kier alpha value is -0.730. The summed E-state index contributed by atoms with van der Waals surface area (Å²) in [5, 5.41) is 2.81. The fourth-order valence-electron chi connectivity index (χ4n) is 1.58. The molecule has 1 saturated heterocycles. The third kappa shape index (κ3) is 3.66. The minimum absolute atomic E-state index is 0.115. The third-order valence-electron chi connectivity index (χ3n) is 2.40. The first-order valence-corrected chi connectivity index (χ1v) is 5.23. The molecule has 0 saturated carbocycles. The first-order valence-electron chi connectivity index (χ1n) is 5.23. The van der Waals surface area contributed by atoms with E-state index < -0.39 is 0 Å². The summed E-state index contributed by atoms with van der Waals surface area (Å²) in [7, 11) is 0. The van der Waals surface area contributed by atoms with E-state index in [-0.39, 0.29) is 6.03 Å². The van der Waals surface area contributed by atoms with Gasteiger partial charge in [-0.2, -0.15) is 0 Å². The number of hydrogen-bond donors (Lipinski definition) is 1. The van der Waals surface area contributed by atoms with Gasteiger partial charge in [0, 0.05) is 19.6 Å². The van der Waals surface area contributed by atoms with Crippen molar-refractivity contribution in [1.82, 2.24) is 10.2 Å². The van der Waals surface area contributed by atoms with Crippen LogP contribution in [0.3, 0.4) is 0 Å². The molecule has 1 fully saturated rings. The van der Waals surface area contributed by atoms with E-state index in [0.29, 0.717) is 0 Å². The topological polar surface area (TPSA) is 32.3 Å². The first kappa shape index (κ1) is 10.4. The Morgan fingerprint density at radius 2 is 2.23 bits per heavy atom. The maximum Gasteiger partial charge on any atom is 0.317 e. The average Bonchev–Trinajstić information content (AvgIpc) is 2.45. The molecule has 13 heavy (non-hydrogen) atoms. The molecule has 2 amide bonds. The number of rotatable bonds is 5. The normalized spacial score (nSPS) is 16.8. The summed E-state index contributed by atoms with van der Waals surface area (Å²) < 4.78 is 0. The van der Waals surface area contributed by atoms with Crippen LogP contribution in [0.25, 0.3) is 0 Å².